The molecular formula is C9H16N2O. The Hall–Kier alpha value is -0.570. The van der Waals surface area contributed by atoms with Gasteiger partial charge in [0.25, 0.3) is 0 Å². The summed E-state index contributed by atoms with van der Waals surface area (Å²) in [5, 5.41) is 0. The van der Waals surface area contributed by atoms with Crippen LogP contribution >= 0.6 is 0 Å². The van der Waals surface area contributed by atoms with E-state index in [9.17, 15) is 4.79 Å². The third kappa shape index (κ3) is 0.600. The van der Waals surface area contributed by atoms with Gasteiger partial charge < -0.3 is 0 Å². The number of hydrogen-bond acceptors (Lipinski definition) is 2. The topological polar surface area (TPSA) is 55.1 Å². The maximum atomic E-state index is 11.6. The van der Waals surface area contributed by atoms with Gasteiger partial charge in [0.05, 0.1) is 5.41 Å². The number of carbonyl (C=O) groups is 1. The van der Waals surface area contributed by atoms with E-state index in [1.54, 1.807) is 0 Å². The molecular weight excluding hydrogens is 152 g/mol. The first kappa shape index (κ1) is 8.05. The molecule has 0 aromatic rings. The van der Waals surface area contributed by atoms with Gasteiger partial charge in [0.15, 0.2) is 0 Å². The molecule has 3 nitrogen and oxygen atoms in total. The lowest BCUT2D eigenvalue weighted by atomic mass is 9.50. The highest BCUT2D eigenvalue weighted by atomic mass is 16.2. The van der Waals surface area contributed by atoms with Crippen molar-refractivity contribution >= 4 is 5.91 Å². The largest absolute Gasteiger partial charge is 0.294 e. The third-order valence-electron chi connectivity index (χ3n) is 4.33. The summed E-state index contributed by atoms with van der Waals surface area (Å²) in [6, 6.07) is 0. The molecule has 1 amide bonds. The van der Waals surface area contributed by atoms with Gasteiger partial charge in [-0.3, -0.25) is 10.2 Å². The van der Waals surface area contributed by atoms with Crippen LogP contribution in [0.15, 0.2) is 0 Å². The average molecular weight is 168 g/mol. The van der Waals surface area contributed by atoms with Crippen molar-refractivity contribution in [1.29, 1.82) is 0 Å². The van der Waals surface area contributed by atoms with Crippen molar-refractivity contribution in [3.05, 3.63) is 0 Å². The number of hydrazine groups is 1. The molecule has 0 aliphatic heterocycles. The molecule has 2 atom stereocenters. The molecule has 0 aromatic carbocycles. The summed E-state index contributed by atoms with van der Waals surface area (Å²) < 4.78 is 0. The summed E-state index contributed by atoms with van der Waals surface area (Å²) >= 11 is 0. The lowest BCUT2D eigenvalue weighted by molar-refractivity contribution is -0.151. The summed E-state index contributed by atoms with van der Waals surface area (Å²) in [6.07, 6.45) is 3.26. The fourth-order valence-corrected chi connectivity index (χ4v) is 3.14. The first-order valence-electron chi connectivity index (χ1n) is 4.56. The fourth-order valence-electron chi connectivity index (χ4n) is 3.14. The predicted octanol–water partition coefficient (Wildman–Crippen LogP) is 0.803. The van der Waals surface area contributed by atoms with E-state index in [0.29, 0.717) is 0 Å². The van der Waals surface area contributed by atoms with Crippen molar-refractivity contribution in [2.75, 3.05) is 0 Å². The Labute approximate surface area is 72.7 Å². The van der Waals surface area contributed by atoms with E-state index in [1.807, 2.05) is 0 Å². The number of carbonyl (C=O) groups excluding carboxylic acids is 1. The highest BCUT2D eigenvalue weighted by Crippen LogP contribution is 2.70. The second-order valence-electron chi connectivity index (χ2n) is 4.72. The maximum absolute atomic E-state index is 11.6. The Balaban J connectivity index is 2.29. The van der Waals surface area contributed by atoms with Crippen LogP contribution in [0.25, 0.3) is 0 Å². The fraction of sp³-hybridized carbons (Fsp3) is 0.889. The number of hydrogen-bond donors (Lipinski definition) is 2. The van der Waals surface area contributed by atoms with Gasteiger partial charge in [-0.1, -0.05) is 13.8 Å². The monoisotopic (exact) mass is 168 g/mol. The zero-order valence-corrected chi connectivity index (χ0v) is 7.68. The van der Waals surface area contributed by atoms with E-state index in [4.69, 9.17) is 5.84 Å². The van der Waals surface area contributed by atoms with Crippen LogP contribution < -0.4 is 11.3 Å². The van der Waals surface area contributed by atoms with Crippen molar-refractivity contribution < 1.29 is 4.79 Å². The molecule has 12 heavy (non-hydrogen) atoms. The molecule has 3 fully saturated rings. The second-order valence-corrected chi connectivity index (χ2v) is 4.72. The van der Waals surface area contributed by atoms with Gasteiger partial charge in [-0.25, -0.2) is 5.84 Å². The third-order valence-corrected chi connectivity index (χ3v) is 4.33. The Morgan fingerprint density at radius 1 is 1.58 bits per heavy atom. The van der Waals surface area contributed by atoms with Crippen LogP contribution in [-0.4, -0.2) is 5.91 Å². The molecule has 0 saturated heterocycles. The molecule has 3 rings (SSSR count). The quantitative estimate of drug-likeness (QED) is 0.346. The van der Waals surface area contributed by atoms with Crippen LogP contribution in [0.3, 0.4) is 0 Å². The number of fused-ring (bicyclic) bond motifs is 1. The Kier molecular flexibility index (Phi) is 1.35. The molecule has 3 saturated carbocycles. The molecule has 2 bridgehead atoms. The van der Waals surface area contributed by atoms with Crippen LogP contribution in [0.2, 0.25) is 0 Å². The highest BCUT2D eigenvalue weighted by molar-refractivity contribution is 5.85. The van der Waals surface area contributed by atoms with E-state index < -0.39 is 0 Å². The minimum Gasteiger partial charge on any atom is -0.294 e. The molecule has 0 aromatic heterocycles. The van der Waals surface area contributed by atoms with Gasteiger partial charge in [-0.15, -0.1) is 0 Å². The Bertz CT molecular complexity index is 233. The SMILES string of the molecule is CC1(C)C2CCC1(C(=O)NN)C2. The Morgan fingerprint density at radius 2 is 2.25 bits per heavy atom. The standard InChI is InChI=1S/C9H16N2O/c1-8(2)6-3-4-9(8,5-6)7(12)11-10/h6H,3-5,10H2,1-2H3,(H,11,12). The van der Waals surface area contributed by atoms with Crippen molar-refractivity contribution in [3.8, 4) is 0 Å². The van der Waals surface area contributed by atoms with Crippen LogP contribution in [0.4, 0.5) is 0 Å². The van der Waals surface area contributed by atoms with Gasteiger partial charge in [0.2, 0.25) is 5.91 Å². The lowest BCUT2D eigenvalue weighted by Gasteiger charge is -2.53. The number of amides is 1. The van der Waals surface area contributed by atoms with Gasteiger partial charge in [-0.2, -0.15) is 0 Å². The normalized spacial score (nSPS) is 42.1. The van der Waals surface area contributed by atoms with E-state index in [1.165, 1.54) is 6.42 Å². The van der Waals surface area contributed by atoms with Crippen molar-refractivity contribution in [2.24, 2.45) is 22.6 Å². The number of nitrogens with one attached hydrogen (secondary N) is 1. The van der Waals surface area contributed by atoms with Gasteiger partial charge >= 0.3 is 0 Å². The van der Waals surface area contributed by atoms with Crippen molar-refractivity contribution in [2.45, 2.75) is 33.1 Å². The molecule has 0 radical (unpaired) electrons. The van der Waals surface area contributed by atoms with Crippen molar-refractivity contribution in [3.63, 3.8) is 0 Å². The van der Waals surface area contributed by atoms with Crippen LogP contribution in [-0.2, 0) is 4.79 Å². The van der Waals surface area contributed by atoms with E-state index in [0.717, 1.165) is 18.8 Å². The second kappa shape index (κ2) is 2.02. The number of nitrogens with two attached hydrogens (primary N) is 1. The van der Waals surface area contributed by atoms with Gasteiger partial charge in [0, 0.05) is 0 Å². The molecule has 3 aliphatic carbocycles. The van der Waals surface area contributed by atoms with Crippen LogP contribution in [0, 0.1) is 16.7 Å². The molecule has 68 valence electrons. The summed E-state index contributed by atoms with van der Waals surface area (Å²) in [7, 11) is 0. The first-order chi connectivity index (χ1) is 5.54. The van der Waals surface area contributed by atoms with Crippen molar-refractivity contribution in [1.82, 2.24) is 5.43 Å². The average Bonchev–Trinajstić information content (AvgIpc) is 2.58. The first-order valence-corrected chi connectivity index (χ1v) is 4.56. The van der Waals surface area contributed by atoms with Crippen LogP contribution in [0.1, 0.15) is 33.1 Å². The molecule has 2 unspecified atom stereocenters. The highest BCUT2D eigenvalue weighted by Gasteiger charge is 2.68. The molecule has 0 spiro atoms. The van der Waals surface area contributed by atoms with E-state index >= 15 is 0 Å². The summed E-state index contributed by atoms with van der Waals surface area (Å²) in [5.74, 6) is 5.97. The predicted molar refractivity (Wildman–Crippen MR) is 45.9 cm³/mol. The number of rotatable bonds is 1. The van der Waals surface area contributed by atoms with E-state index in [-0.39, 0.29) is 16.7 Å². The van der Waals surface area contributed by atoms with Crippen LogP contribution in [0.5, 0.6) is 0 Å². The minimum atomic E-state index is -0.133. The molecule has 3 heteroatoms. The van der Waals surface area contributed by atoms with E-state index in [2.05, 4.69) is 19.3 Å². The molecule has 3 aliphatic rings. The summed E-state index contributed by atoms with van der Waals surface area (Å²) in [6.45, 7) is 4.37. The van der Waals surface area contributed by atoms with Gasteiger partial charge in [0.1, 0.15) is 0 Å². The minimum absolute atomic E-state index is 0.0428. The smallest absolute Gasteiger partial charge is 0.240 e. The summed E-state index contributed by atoms with van der Waals surface area (Å²) in [4.78, 5) is 11.6. The molecule has 3 N–H and O–H groups in total. The molecule has 0 heterocycles. The lowest BCUT2D eigenvalue weighted by Crippen LogP contribution is -2.58. The zero-order valence-electron chi connectivity index (χ0n) is 7.68. The maximum Gasteiger partial charge on any atom is 0.240 e. The zero-order chi connectivity index (χ0) is 8.98. The van der Waals surface area contributed by atoms with Gasteiger partial charge in [-0.05, 0) is 30.6 Å². The Morgan fingerprint density at radius 3 is 2.58 bits per heavy atom. The summed E-state index contributed by atoms with van der Waals surface area (Å²) in [5.41, 5.74) is 2.35.